The average molecular weight is 342 g/mol. The fourth-order valence-electron chi connectivity index (χ4n) is 2.40. The van der Waals surface area contributed by atoms with Crippen LogP contribution >= 0.6 is 11.3 Å². The van der Waals surface area contributed by atoms with E-state index in [4.69, 9.17) is 18.9 Å². The molecule has 0 saturated carbocycles. The highest BCUT2D eigenvalue weighted by Gasteiger charge is 2.52. The molecule has 23 heavy (non-hydrogen) atoms. The Hall–Kier alpha value is -1.11. The van der Waals surface area contributed by atoms with E-state index < -0.39 is 5.60 Å². The van der Waals surface area contributed by atoms with Gasteiger partial charge in [0.15, 0.2) is 10.7 Å². The molecule has 0 aliphatic carbocycles. The largest absolute Gasteiger partial charge is 0.487 e. The number of rotatable bonds is 12. The molecule has 2 rings (SSSR count). The standard InChI is InChI=1S/C17H26O5S/c1-3-21-16(18)17(13-22-17)10-6-4-5-7-11-20-12-14-8-9-15(19-2)23-14/h8-9H,3-7,10-13H2,1-2H3. The van der Waals surface area contributed by atoms with E-state index in [1.165, 1.54) is 4.88 Å². The zero-order chi connectivity index (χ0) is 16.5. The Kier molecular flexibility index (Phi) is 7.33. The van der Waals surface area contributed by atoms with Crippen LogP contribution in [0.1, 0.15) is 43.9 Å². The molecule has 1 atom stereocenters. The van der Waals surface area contributed by atoms with Gasteiger partial charge in [0.1, 0.15) is 0 Å². The Morgan fingerprint density at radius 2 is 2.09 bits per heavy atom. The Morgan fingerprint density at radius 1 is 1.30 bits per heavy atom. The third kappa shape index (κ3) is 5.79. The number of unbranched alkanes of at least 4 members (excludes halogenated alkanes) is 3. The second kappa shape index (κ2) is 9.25. The predicted octanol–water partition coefficient (Wildman–Crippen LogP) is 3.56. The number of ether oxygens (including phenoxy) is 4. The lowest BCUT2D eigenvalue weighted by molar-refractivity contribution is -0.149. The van der Waals surface area contributed by atoms with Gasteiger partial charge >= 0.3 is 5.97 Å². The van der Waals surface area contributed by atoms with Crippen LogP contribution in [0.3, 0.4) is 0 Å². The van der Waals surface area contributed by atoms with Crippen molar-refractivity contribution in [3.8, 4) is 5.06 Å². The number of hydrogen-bond donors (Lipinski definition) is 0. The number of methoxy groups -OCH3 is 1. The average Bonchev–Trinajstić information content (AvgIpc) is 3.21. The number of hydrogen-bond acceptors (Lipinski definition) is 6. The molecule has 1 unspecified atom stereocenters. The molecule has 5 nitrogen and oxygen atoms in total. The summed E-state index contributed by atoms with van der Waals surface area (Å²) in [5.41, 5.74) is -0.620. The molecular weight excluding hydrogens is 316 g/mol. The van der Waals surface area contributed by atoms with Crippen molar-refractivity contribution in [2.45, 2.75) is 51.2 Å². The third-order valence-corrected chi connectivity index (χ3v) is 4.86. The van der Waals surface area contributed by atoms with Crippen LogP contribution in [0.25, 0.3) is 0 Å². The van der Waals surface area contributed by atoms with Crippen molar-refractivity contribution in [3.05, 3.63) is 17.0 Å². The first-order valence-corrected chi connectivity index (χ1v) is 9.03. The summed E-state index contributed by atoms with van der Waals surface area (Å²) in [6.45, 7) is 4.16. The molecule has 1 fully saturated rings. The maximum Gasteiger partial charge on any atom is 0.340 e. The van der Waals surface area contributed by atoms with Crippen LogP contribution in [-0.2, 0) is 25.6 Å². The molecule has 2 heterocycles. The predicted molar refractivity (Wildman–Crippen MR) is 88.9 cm³/mol. The van der Waals surface area contributed by atoms with Crippen molar-refractivity contribution in [1.82, 2.24) is 0 Å². The number of esters is 1. The van der Waals surface area contributed by atoms with Crippen LogP contribution < -0.4 is 4.74 Å². The summed E-state index contributed by atoms with van der Waals surface area (Å²) in [7, 11) is 1.68. The van der Waals surface area contributed by atoms with E-state index in [0.29, 0.717) is 19.8 Å². The quantitative estimate of drug-likeness (QED) is 0.330. The van der Waals surface area contributed by atoms with Crippen molar-refractivity contribution in [3.63, 3.8) is 0 Å². The molecule has 0 bridgehead atoms. The normalized spacial score (nSPS) is 19.6. The number of carbonyl (C=O) groups is 1. The minimum absolute atomic E-state index is 0.199. The molecule has 1 aromatic rings. The van der Waals surface area contributed by atoms with E-state index in [9.17, 15) is 4.79 Å². The van der Waals surface area contributed by atoms with Crippen LogP contribution in [-0.4, -0.2) is 38.5 Å². The molecule has 0 spiro atoms. The van der Waals surface area contributed by atoms with Gasteiger partial charge in [-0.3, -0.25) is 0 Å². The third-order valence-electron chi connectivity index (χ3n) is 3.84. The highest BCUT2D eigenvalue weighted by atomic mass is 32.1. The Bertz CT molecular complexity index is 481. The Labute approximate surface area is 141 Å². The summed E-state index contributed by atoms with van der Waals surface area (Å²) in [6, 6.07) is 4.00. The minimum atomic E-state index is -0.620. The summed E-state index contributed by atoms with van der Waals surface area (Å²) < 4.78 is 21.2. The molecule has 0 amide bonds. The molecule has 1 aromatic heterocycles. The van der Waals surface area contributed by atoms with Crippen molar-refractivity contribution in [1.29, 1.82) is 0 Å². The zero-order valence-corrected chi connectivity index (χ0v) is 14.8. The highest BCUT2D eigenvalue weighted by molar-refractivity contribution is 7.13. The number of epoxide rings is 1. The maximum atomic E-state index is 11.7. The monoisotopic (exact) mass is 342 g/mol. The van der Waals surface area contributed by atoms with Crippen molar-refractivity contribution >= 4 is 17.3 Å². The van der Waals surface area contributed by atoms with Gasteiger partial charge in [-0.25, -0.2) is 4.79 Å². The second-order valence-electron chi connectivity index (χ2n) is 5.65. The lowest BCUT2D eigenvalue weighted by atomic mass is 10.0. The zero-order valence-electron chi connectivity index (χ0n) is 14.0. The molecule has 0 radical (unpaired) electrons. The molecule has 6 heteroatoms. The lowest BCUT2D eigenvalue weighted by Crippen LogP contribution is -2.27. The molecular formula is C17H26O5S. The summed E-state index contributed by atoms with van der Waals surface area (Å²) in [5, 5.41) is 0.918. The van der Waals surface area contributed by atoms with Gasteiger partial charge < -0.3 is 18.9 Å². The summed E-state index contributed by atoms with van der Waals surface area (Å²) >= 11 is 1.62. The van der Waals surface area contributed by atoms with Crippen LogP contribution in [0.4, 0.5) is 0 Å². The summed E-state index contributed by atoms with van der Waals surface area (Å²) in [4.78, 5) is 12.9. The van der Waals surface area contributed by atoms with Gasteiger partial charge in [0.05, 0.1) is 26.9 Å². The van der Waals surface area contributed by atoms with E-state index >= 15 is 0 Å². The SMILES string of the molecule is CCOC(=O)C1(CCCCCCOCc2ccc(OC)s2)CO1. The smallest absolute Gasteiger partial charge is 0.340 e. The van der Waals surface area contributed by atoms with Crippen LogP contribution in [0.2, 0.25) is 0 Å². The van der Waals surface area contributed by atoms with Crippen LogP contribution in [0.5, 0.6) is 5.06 Å². The van der Waals surface area contributed by atoms with E-state index in [0.717, 1.165) is 43.8 Å². The minimum Gasteiger partial charge on any atom is -0.487 e. The first kappa shape index (κ1) is 18.2. The van der Waals surface area contributed by atoms with E-state index in [2.05, 4.69) is 0 Å². The fraction of sp³-hybridized carbons (Fsp3) is 0.706. The molecule has 1 saturated heterocycles. The Balaban J connectivity index is 1.46. The molecule has 0 N–H and O–H groups in total. The first-order valence-electron chi connectivity index (χ1n) is 8.22. The van der Waals surface area contributed by atoms with Crippen molar-refractivity contribution in [2.24, 2.45) is 0 Å². The van der Waals surface area contributed by atoms with Gasteiger partial charge in [-0.2, -0.15) is 0 Å². The molecule has 1 aliphatic rings. The molecule has 130 valence electrons. The topological polar surface area (TPSA) is 57.3 Å². The van der Waals surface area contributed by atoms with Gasteiger partial charge in [-0.15, -0.1) is 11.3 Å². The number of carbonyl (C=O) groups excluding carboxylic acids is 1. The Morgan fingerprint density at radius 3 is 2.74 bits per heavy atom. The second-order valence-corrected chi connectivity index (χ2v) is 6.78. The van der Waals surface area contributed by atoms with E-state index in [-0.39, 0.29) is 5.97 Å². The summed E-state index contributed by atoms with van der Waals surface area (Å²) in [5.74, 6) is -0.199. The van der Waals surface area contributed by atoms with Gasteiger partial charge in [0.2, 0.25) is 0 Å². The highest BCUT2D eigenvalue weighted by Crippen LogP contribution is 2.34. The number of thiophene rings is 1. The van der Waals surface area contributed by atoms with Gasteiger partial charge in [-0.05, 0) is 38.3 Å². The van der Waals surface area contributed by atoms with Gasteiger partial charge in [-0.1, -0.05) is 12.8 Å². The fourth-order valence-corrected chi connectivity index (χ4v) is 3.16. The summed E-state index contributed by atoms with van der Waals surface area (Å²) in [6.07, 6.45) is 4.98. The molecule has 1 aliphatic heterocycles. The molecule has 0 aromatic carbocycles. The van der Waals surface area contributed by atoms with Crippen LogP contribution in [0.15, 0.2) is 12.1 Å². The first-order chi connectivity index (χ1) is 11.2. The van der Waals surface area contributed by atoms with E-state index in [1.807, 2.05) is 19.1 Å². The maximum absolute atomic E-state index is 11.7. The van der Waals surface area contributed by atoms with Gasteiger partial charge in [0, 0.05) is 11.5 Å². The lowest BCUT2D eigenvalue weighted by Gasteiger charge is -2.10. The van der Waals surface area contributed by atoms with Crippen LogP contribution in [0, 0.1) is 0 Å². The van der Waals surface area contributed by atoms with E-state index in [1.54, 1.807) is 18.4 Å². The van der Waals surface area contributed by atoms with Crippen molar-refractivity contribution in [2.75, 3.05) is 26.9 Å². The van der Waals surface area contributed by atoms with Crippen molar-refractivity contribution < 1.29 is 23.7 Å². The van der Waals surface area contributed by atoms with Gasteiger partial charge in [0.25, 0.3) is 0 Å².